The first-order chi connectivity index (χ1) is 4.47. The molecule has 4 heteroatoms. The third-order valence-corrected chi connectivity index (χ3v) is 1.93. The van der Waals surface area contributed by atoms with Gasteiger partial charge in [0.05, 0.1) is 0 Å². The molecule has 1 heterocycles. The molecule has 1 aromatic heterocycles. The molecule has 0 saturated heterocycles. The van der Waals surface area contributed by atoms with E-state index in [1.54, 1.807) is 11.3 Å². The molecule has 11 heavy (non-hydrogen) atoms. The molecule has 0 atom stereocenters. The maximum absolute atomic E-state index is 4.01. The number of halogens is 1. The summed E-state index contributed by atoms with van der Waals surface area (Å²) in [5, 5.41) is 0. The predicted molar refractivity (Wildman–Crippen MR) is 44.2 cm³/mol. The Bertz CT molecular complexity index is 292. The fourth-order valence-corrected chi connectivity index (χ4v) is 1.36. The SMILES string of the molecule is [Cl-].[Mg+2].[c-]1nc2ccccc2s1. The van der Waals surface area contributed by atoms with Crippen LogP contribution in [-0.2, 0) is 0 Å². The molecular weight excluding hydrogens is 190 g/mol. The number of para-hydroxylation sites is 1. The Labute approximate surface area is 91.4 Å². The Morgan fingerprint density at radius 2 is 2.00 bits per heavy atom. The van der Waals surface area contributed by atoms with Gasteiger partial charge in [-0.15, -0.1) is 16.8 Å². The summed E-state index contributed by atoms with van der Waals surface area (Å²) in [7, 11) is 0. The summed E-state index contributed by atoms with van der Waals surface area (Å²) in [6.07, 6.45) is 0. The number of benzene rings is 1. The van der Waals surface area contributed by atoms with Crippen LogP contribution in [0.2, 0.25) is 0 Å². The van der Waals surface area contributed by atoms with Crippen molar-refractivity contribution >= 4 is 44.6 Å². The Kier molecular flexibility index (Phi) is 5.00. The van der Waals surface area contributed by atoms with Crippen molar-refractivity contribution < 1.29 is 12.4 Å². The third-order valence-electron chi connectivity index (χ3n) is 1.19. The van der Waals surface area contributed by atoms with Gasteiger partial charge in [0.2, 0.25) is 0 Å². The molecule has 0 aliphatic rings. The number of hydrogen-bond acceptors (Lipinski definition) is 2. The van der Waals surface area contributed by atoms with E-state index in [-0.39, 0.29) is 35.5 Å². The van der Waals surface area contributed by atoms with Gasteiger partial charge in [0.25, 0.3) is 0 Å². The van der Waals surface area contributed by atoms with Gasteiger partial charge < -0.3 is 17.4 Å². The number of aromatic nitrogens is 1. The van der Waals surface area contributed by atoms with Crippen molar-refractivity contribution in [3.05, 3.63) is 29.8 Å². The van der Waals surface area contributed by atoms with Crippen molar-refractivity contribution in [1.82, 2.24) is 4.98 Å². The van der Waals surface area contributed by atoms with Crippen molar-refractivity contribution in [3.63, 3.8) is 0 Å². The summed E-state index contributed by atoms with van der Waals surface area (Å²) in [5.41, 5.74) is 3.87. The molecule has 0 spiro atoms. The van der Waals surface area contributed by atoms with Crippen LogP contribution < -0.4 is 12.4 Å². The second kappa shape index (κ2) is 4.93. The molecule has 52 valence electrons. The molecule has 0 radical (unpaired) electrons. The van der Waals surface area contributed by atoms with Gasteiger partial charge in [0.1, 0.15) is 0 Å². The van der Waals surface area contributed by atoms with E-state index < -0.39 is 0 Å². The van der Waals surface area contributed by atoms with Gasteiger partial charge in [-0.1, -0.05) is 17.6 Å². The summed E-state index contributed by atoms with van der Waals surface area (Å²) >= 11 is 1.55. The van der Waals surface area contributed by atoms with Crippen LogP contribution in [0.3, 0.4) is 0 Å². The van der Waals surface area contributed by atoms with Crippen LogP contribution >= 0.6 is 11.3 Å². The minimum atomic E-state index is 0. The summed E-state index contributed by atoms with van der Waals surface area (Å²) in [6, 6.07) is 8.02. The van der Waals surface area contributed by atoms with E-state index in [1.807, 2.05) is 24.3 Å². The van der Waals surface area contributed by atoms with Crippen LogP contribution in [0, 0.1) is 5.51 Å². The molecule has 0 N–H and O–H groups in total. The molecule has 0 aliphatic heterocycles. The molecule has 0 amide bonds. The van der Waals surface area contributed by atoms with E-state index >= 15 is 0 Å². The molecule has 0 aliphatic carbocycles. The number of nitrogens with zero attached hydrogens (tertiary/aromatic N) is 1. The number of fused-ring (bicyclic) bond motifs is 1. The number of rotatable bonds is 0. The topological polar surface area (TPSA) is 12.9 Å². The zero-order chi connectivity index (χ0) is 6.10. The Balaban J connectivity index is 0.000000500. The van der Waals surface area contributed by atoms with Gasteiger partial charge in [-0.3, -0.25) is 11.3 Å². The van der Waals surface area contributed by atoms with Crippen LogP contribution in [0.25, 0.3) is 10.2 Å². The summed E-state index contributed by atoms with van der Waals surface area (Å²) in [4.78, 5) is 4.01. The monoisotopic (exact) mass is 193 g/mol. The Morgan fingerprint density at radius 1 is 1.27 bits per heavy atom. The minimum Gasteiger partial charge on any atom is -1.00 e. The zero-order valence-corrected chi connectivity index (χ0v) is 8.74. The maximum Gasteiger partial charge on any atom is 2.00 e. The second-order valence-corrected chi connectivity index (χ2v) is 2.60. The van der Waals surface area contributed by atoms with Crippen LogP contribution in [0.15, 0.2) is 24.3 Å². The quantitative estimate of drug-likeness (QED) is 0.376. The standard InChI is InChI=1S/C7H4NS.ClH.Mg/c1-2-4-7-6(3-1)8-5-9-7;;/h1-4H;1H;/q-1;;+2/p-1. The predicted octanol–water partition coefficient (Wildman–Crippen LogP) is -1.28. The smallest absolute Gasteiger partial charge is 1.00 e. The van der Waals surface area contributed by atoms with Crippen molar-refractivity contribution in [3.8, 4) is 0 Å². The Hall–Kier alpha value is 0.166. The van der Waals surface area contributed by atoms with Crippen LogP contribution in [-0.4, -0.2) is 28.0 Å². The van der Waals surface area contributed by atoms with Gasteiger partial charge in [0, 0.05) is 0 Å². The van der Waals surface area contributed by atoms with Gasteiger partial charge in [-0.2, -0.15) is 0 Å². The van der Waals surface area contributed by atoms with E-state index in [0.717, 1.165) is 5.52 Å². The molecule has 1 aromatic carbocycles. The molecule has 0 fully saturated rings. The van der Waals surface area contributed by atoms with Gasteiger partial charge >= 0.3 is 23.1 Å². The summed E-state index contributed by atoms with van der Waals surface area (Å²) < 4.78 is 1.21. The van der Waals surface area contributed by atoms with Gasteiger partial charge in [-0.25, -0.2) is 0 Å². The average molecular weight is 194 g/mol. The van der Waals surface area contributed by atoms with E-state index in [4.69, 9.17) is 0 Å². The van der Waals surface area contributed by atoms with Crippen LogP contribution in [0.5, 0.6) is 0 Å². The fraction of sp³-hybridized carbons (Fsp3) is 0. The fourth-order valence-electron chi connectivity index (χ4n) is 0.757. The molecule has 2 aromatic rings. The Morgan fingerprint density at radius 3 is 2.73 bits per heavy atom. The van der Waals surface area contributed by atoms with E-state index in [9.17, 15) is 0 Å². The molecule has 2 rings (SSSR count). The number of hydrogen-bond donors (Lipinski definition) is 0. The zero-order valence-electron chi connectivity index (χ0n) is 5.75. The largest absolute Gasteiger partial charge is 2.00 e. The van der Waals surface area contributed by atoms with E-state index in [0.29, 0.717) is 0 Å². The van der Waals surface area contributed by atoms with E-state index in [1.165, 1.54) is 4.70 Å². The van der Waals surface area contributed by atoms with Gasteiger partial charge in [0.15, 0.2) is 0 Å². The van der Waals surface area contributed by atoms with Crippen molar-refractivity contribution in [2.45, 2.75) is 0 Å². The molecule has 0 bridgehead atoms. The minimum absolute atomic E-state index is 0. The van der Waals surface area contributed by atoms with E-state index in [2.05, 4.69) is 10.5 Å². The van der Waals surface area contributed by atoms with Crippen LogP contribution in [0.1, 0.15) is 0 Å². The first kappa shape index (κ1) is 11.2. The summed E-state index contributed by atoms with van der Waals surface area (Å²) in [5.74, 6) is 0. The summed E-state index contributed by atoms with van der Waals surface area (Å²) in [6.45, 7) is 0. The van der Waals surface area contributed by atoms with Crippen molar-refractivity contribution in [1.29, 1.82) is 0 Å². The first-order valence-electron chi connectivity index (χ1n) is 2.68. The second-order valence-electron chi connectivity index (χ2n) is 1.77. The average Bonchev–Trinajstić information content (AvgIpc) is 2.33. The van der Waals surface area contributed by atoms with Crippen molar-refractivity contribution in [2.24, 2.45) is 0 Å². The number of thiazole rings is 1. The van der Waals surface area contributed by atoms with Crippen molar-refractivity contribution in [2.75, 3.05) is 0 Å². The molecule has 0 unspecified atom stereocenters. The van der Waals surface area contributed by atoms with Gasteiger partial charge in [-0.05, 0) is 5.51 Å². The maximum atomic E-state index is 4.01. The normalized spacial score (nSPS) is 8.36. The molecule has 1 nitrogen and oxygen atoms in total. The molecule has 0 saturated carbocycles. The molecular formula is C7H4ClMgNS. The van der Waals surface area contributed by atoms with Crippen LogP contribution in [0.4, 0.5) is 0 Å². The third kappa shape index (κ3) is 2.30. The first-order valence-corrected chi connectivity index (χ1v) is 3.50.